The zero-order valence-corrected chi connectivity index (χ0v) is 21.2. The van der Waals surface area contributed by atoms with E-state index in [9.17, 15) is 19.2 Å². The van der Waals surface area contributed by atoms with Gasteiger partial charge in [-0.05, 0) is 54.1 Å². The van der Waals surface area contributed by atoms with Crippen LogP contribution in [-0.4, -0.2) is 16.1 Å². The minimum atomic E-state index is -1.36. The molecule has 2 N–H and O–H groups in total. The van der Waals surface area contributed by atoms with Crippen molar-refractivity contribution in [1.29, 1.82) is 5.26 Å². The molecule has 1 saturated carbocycles. The Morgan fingerprint density at radius 1 is 0.914 bits per heavy atom. The van der Waals surface area contributed by atoms with Gasteiger partial charge in [0.1, 0.15) is 16.2 Å². The smallest absolute Gasteiger partial charge is 0.257 e. The summed E-state index contributed by atoms with van der Waals surface area (Å²) >= 11 is 31.0. The summed E-state index contributed by atoms with van der Waals surface area (Å²) in [5.41, 5.74) is 1.02. The molecule has 2 atom stereocenters. The molecule has 1 aliphatic rings. The SMILES string of the molecule is N#Cc1cc(F)ccc1NC(=O)c1cc(NC(=O)C2C(c3ccc(Cl)c(Cl)c3)C2(Cl)Cl)ccc1Cl. The third-order valence-corrected chi connectivity index (χ3v) is 7.48. The number of hydrogen-bond donors (Lipinski definition) is 2. The number of alkyl halides is 2. The molecule has 0 saturated heterocycles. The quantitative estimate of drug-likeness (QED) is 0.313. The average molecular weight is 572 g/mol. The first-order valence-corrected chi connectivity index (χ1v) is 11.9. The molecule has 0 aromatic heterocycles. The van der Waals surface area contributed by atoms with Gasteiger partial charge in [0.05, 0.1) is 37.8 Å². The van der Waals surface area contributed by atoms with Crippen LogP contribution in [0.1, 0.15) is 27.4 Å². The second-order valence-electron chi connectivity index (χ2n) is 7.74. The van der Waals surface area contributed by atoms with E-state index in [1.807, 2.05) is 6.07 Å². The van der Waals surface area contributed by atoms with Gasteiger partial charge in [-0.2, -0.15) is 5.26 Å². The Hall–Kier alpha value is -2.53. The van der Waals surface area contributed by atoms with E-state index in [-0.39, 0.29) is 27.5 Å². The van der Waals surface area contributed by atoms with Gasteiger partial charge < -0.3 is 10.6 Å². The molecule has 3 aromatic rings. The topological polar surface area (TPSA) is 82.0 Å². The number of carbonyl (C=O) groups excluding carboxylic acids is 2. The second kappa shape index (κ2) is 9.85. The molecule has 11 heteroatoms. The molecule has 0 spiro atoms. The molecule has 3 aromatic carbocycles. The molecule has 2 amide bonds. The van der Waals surface area contributed by atoms with Gasteiger partial charge in [-0.1, -0.05) is 40.9 Å². The molecule has 0 aliphatic heterocycles. The lowest BCUT2D eigenvalue weighted by molar-refractivity contribution is -0.117. The molecule has 0 bridgehead atoms. The number of nitrogens with one attached hydrogen (secondary N) is 2. The summed E-state index contributed by atoms with van der Waals surface area (Å²) in [6.07, 6.45) is 0. The van der Waals surface area contributed by atoms with Crippen molar-refractivity contribution in [3.05, 3.63) is 92.2 Å². The zero-order chi connectivity index (χ0) is 25.5. The van der Waals surface area contributed by atoms with Crippen molar-refractivity contribution in [2.45, 2.75) is 10.3 Å². The number of nitrogens with zero attached hydrogens (tertiary/aromatic N) is 1. The Morgan fingerprint density at radius 3 is 2.31 bits per heavy atom. The standard InChI is InChI=1S/C24H13Cl5FN3O2/c25-16-5-3-14(9-15(16)22(34)33-19-6-2-13(30)7-12(19)10-31)32-23(35)21-20(24(21,28)29)11-1-4-17(26)18(27)8-11/h1-9,20-21H,(H,32,35)(H,33,34). The summed E-state index contributed by atoms with van der Waals surface area (Å²) < 4.78 is 12.0. The summed E-state index contributed by atoms with van der Waals surface area (Å²) in [6, 6.07) is 14.4. The van der Waals surface area contributed by atoms with Crippen LogP contribution in [0.25, 0.3) is 0 Å². The molecular formula is C24H13Cl5FN3O2. The predicted molar refractivity (Wildman–Crippen MR) is 136 cm³/mol. The maximum atomic E-state index is 13.4. The van der Waals surface area contributed by atoms with Crippen LogP contribution < -0.4 is 10.6 Å². The fourth-order valence-electron chi connectivity index (χ4n) is 3.68. The fraction of sp³-hybridized carbons (Fsp3) is 0.125. The zero-order valence-electron chi connectivity index (χ0n) is 17.4. The number of carbonyl (C=O) groups is 2. The second-order valence-corrected chi connectivity index (χ2v) is 10.4. The molecule has 5 nitrogen and oxygen atoms in total. The Labute approximate surface area is 224 Å². The number of hydrogen-bond acceptors (Lipinski definition) is 3. The van der Waals surface area contributed by atoms with Crippen LogP contribution >= 0.6 is 58.0 Å². The first-order valence-electron chi connectivity index (χ1n) is 9.97. The highest BCUT2D eigenvalue weighted by Crippen LogP contribution is 2.65. The van der Waals surface area contributed by atoms with Gasteiger partial charge in [-0.3, -0.25) is 9.59 Å². The lowest BCUT2D eigenvalue weighted by atomic mass is 10.1. The van der Waals surface area contributed by atoms with Crippen molar-refractivity contribution < 1.29 is 14.0 Å². The first kappa shape index (κ1) is 25.6. The van der Waals surface area contributed by atoms with Gasteiger partial charge in [-0.15, -0.1) is 23.2 Å². The van der Waals surface area contributed by atoms with E-state index in [4.69, 9.17) is 58.0 Å². The van der Waals surface area contributed by atoms with Gasteiger partial charge in [0, 0.05) is 11.6 Å². The fourth-order valence-corrected chi connectivity index (χ4v) is 5.02. The lowest BCUT2D eigenvalue weighted by Crippen LogP contribution is -2.18. The van der Waals surface area contributed by atoms with Crippen molar-refractivity contribution in [3.63, 3.8) is 0 Å². The minimum Gasteiger partial charge on any atom is -0.326 e. The highest BCUT2D eigenvalue weighted by atomic mass is 35.5. The summed E-state index contributed by atoms with van der Waals surface area (Å²) in [4.78, 5) is 25.7. The third kappa shape index (κ3) is 5.20. The molecule has 0 heterocycles. The number of nitriles is 1. The molecule has 1 aliphatic carbocycles. The maximum Gasteiger partial charge on any atom is 0.257 e. The van der Waals surface area contributed by atoms with E-state index >= 15 is 0 Å². The third-order valence-electron chi connectivity index (χ3n) is 5.47. The monoisotopic (exact) mass is 569 g/mol. The summed E-state index contributed by atoms with van der Waals surface area (Å²) in [7, 11) is 0. The predicted octanol–water partition coefficient (Wildman–Crippen LogP) is 7.44. The van der Waals surface area contributed by atoms with Crippen molar-refractivity contribution in [2.24, 2.45) is 5.92 Å². The van der Waals surface area contributed by atoms with E-state index in [2.05, 4.69) is 10.6 Å². The summed E-state index contributed by atoms with van der Waals surface area (Å²) in [5, 5.41) is 15.2. The van der Waals surface area contributed by atoms with E-state index in [1.165, 1.54) is 24.3 Å². The number of rotatable bonds is 5. The Kier molecular flexibility index (Phi) is 7.19. The molecular weight excluding hydrogens is 559 g/mol. The first-order chi connectivity index (χ1) is 16.5. The van der Waals surface area contributed by atoms with Crippen LogP contribution in [0.15, 0.2) is 54.6 Å². The minimum absolute atomic E-state index is 0.0255. The average Bonchev–Trinajstić information content (AvgIpc) is 3.39. The van der Waals surface area contributed by atoms with E-state index in [1.54, 1.807) is 18.2 Å². The summed E-state index contributed by atoms with van der Waals surface area (Å²) in [5.74, 6) is -3.04. The molecule has 35 heavy (non-hydrogen) atoms. The molecule has 4 rings (SSSR count). The van der Waals surface area contributed by atoms with Crippen LogP contribution in [0, 0.1) is 23.1 Å². The molecule has 1 fully saturated rings. The number of halogens is 6. The molecule has 2 unspecified atom stereocenters. The lowest BCUT2D eigenvalue weighted by Gasteiger charge is -2.11. The van der Waals surface area contributed by atoms with E-state index in [0.29, 0.717) is 15.6 Å². The van der Waals surface area contributed by atoms with Crippen LogP contribution in [-0.2, 0) is 4.79 Å². The van der Waals surface area contributed by atoms with Crippen LogP contribution in [0.2, 0.25) is 15.1 Å². The molecule has 0 radical (unpaired) electrons. The normalized spacial score (nSPS) is 17.9. The largest absolute Gasteiger partial charge is 0.326 e. The Morgan fingerprint density at radius 2 is 1.63 bits per heavy atom. The van der Waals surface area contributed by atoms with Gasteiger partial charge in [0.2, 0.25) is 5.91 Å². The maximum absolute atomic E-state index is 13.4. The van der Waals surface area contributed by atoms with Gasteiger partial charge >= 0.3 is 0 Å². The molecule has 178 valence electrons. The van der Waals surface area contributed by atoms with Gasteiger partial charge in [-0.25, -0.2) is 4.39 Å². The highest BCUT2D eigenvalue weighted by molar-refractivity contribution is 6.53. The number of benzene rings is 3. The number of anilines is 2. The van der Waals surface area contributed by atoms with Crippen LogP contribution in [0.5, 0.6) is 0 Å². The van der Waals surface area contributed by atoms with Gasteiger partial charge in [0.25, 0.3) is 5.91 Å². The van der Waals surface area contributed by atoms with Crippen molar-refractivity contribution >= 4 is 81.2 Å². The Bertz CT molecular complexity index is 1410. The van der Waals surface area contributed by atoms with Crippen molar-refractivity contribution in [1.82, 2.24) is 0 Å². The Balaban J connectivity index is 1.52. The van der Waals surface area contributed by atoms with Crippen molar-refractivity contribution in [3.8, 4) is 6.07 Å². The van der Waals surface area contributed by atoms with Crippen LogP contribution in [0.4, 0.5) is 15.8 Å². The van der Waals surface area contributed by atoms with Crippen LogP contribution in [0.3, 0.4) is 0 Å². The van der Waals surface area contributed by atoms with Crippen molar-refractivity contribution in [2.75, 3.05) is 10.6 Å². The van der Waals surface area contributed by atoms with E-state index < -0.39 is 33.8 Å². The number of amides is 2. The van der Waals surface area contributed by atoms with Gasteiger partial charge in [0.15, 0.2) is 0 Å². The highest BCUT2D eigenvalue weighted by Gasteiger charge is 2.67. The summed E-state index contributed by atoms with van der Waals surface area (Å²) in [6.45, 7) is 0. The van der Waals surface area contributed by atoms with E-state index in [0.717, 1.165) is 12.1 Å².